The Morgan fingerprint density at radius 3 is 2.76 bits per heavy atom. The van der Waals surface area contributed by atoms with Gasteiger partial charge in [-0.05, 0) is 37.6 Å². The minimum Gasteiger partial charge on any atom is -0.468 e. The van der Waals surface area contributed by atoms with Crippen molar-refractivity contribution < 1.29 is 4.42 Å². The summed E-state index contributed by atoms with van der Waals surface area (Å²) < 4.78 is 5.46. The van der Waals surface area contributed by atoms with Crippen LogP contribution in [0.15, 0.2) is 40.3 Å². The van der Waals surface area contributed by atoms with E-state index in [-0.39, 0.29) is 6.04 Å². The largest absolute Gasteiger partial charge is 0.468 e. The first-order chi connectivity index (χ1) is 8.24. The molecule has 2 rings (SSSR count). The van der Waals surface area contributed by atoms with Crippen LogP contribution in [-0.4, -0.2) is 18.5 Å². The van der Waals surface area contributed by atoms with Crippen molar-refractivity contribution in [3.63, 3.8) is 0 Å². The molecule has 17 heavy (non-hydrogen) atoms. The summed E-state index contributed by atoms with van der Waals surface area (Å²) in [6.07, 6.45) is 1.70. The topological polar surface area (TPSA) is 42.4 Å². The molecule has 2 atom stereocenters. The Kier molecular flexibility index (Phi) is 3.99. The quantitative estimate of drug-likeness (QED) is 0.887. The lowest BCUT2D eigenvalue weighted by atomic mass is 10.1. The molecular formula is C13H18N2OS. The van der Waals surface area contributed by atoms with E-state index in [1.54, 1.807) is 17.6 Å². The zero-order chi connectivity index (χ0) is 12.3. The third kappa shape index (κ3) is 2.60. The third-order valence-electron chi connectivity index (χ3n) is 3.15. The van der Waals surface area contributed by atoms with Crippen LogP contribution >= 0.6 is 11.3 Å². The van der Waals surface area contributed by atoms with Gasteiger partial charge in [-0.15, -0.1) is 11.3 Å². The minimum atomic E-state index is 0.127. The smallest absolute Gasteiger partial charge is 0.122 e. The van der Waals surface area contributed by atoms with Crippen LogP contribution in [0, 0.1) is 0 Å². The van der Waals surface area contributed by atoms with Crippen LogP contribution in [0.25, 0.3) is 0 Å². The van der Waals surface area contributed by atoms with Crippen molar-refractivity contribution in [2.75, 3.05) is 13.6 Å². The number of likely N-dealkylation sites (N-methyl/N-ethyl adjacent to an activating group) is 1. The molecule has 2 N–H and O–H groups in total. The van der Waals surface area contributed by atoms with E-state index in [0.29, 0.717) is 12.6 Å². The van der Waals surface area contributed by atoms with E-state index in [9.17, 15) is 0 Å². The fourth-order valence-corrected chi connectivity index (χ4v) is 2.80. The molecule has 2 aromatic rings. The van der Waals surface area contributed by atoms with Crippen LogP contribution < -0.4 is 5.73 Å². The van der Waals surface area contributed by atoms with Gasteiger partial charge in [-0.1, -0.05) is 6.07 Å². The summed E-state index contributed by atoms with van der Waals surface area (Å²) in [5.74, 6) is 0.929. The standard InChI is InChI=1S/C13H18N2OS/c1-10(13-6-4-8-17-13)15(2)11(9-14)12-5-3-7-16-12/h3-8,10-11H,9,14H2,1-2H3. The van der Waals surface area contributed by atoms with E-state index in [4.69, 9.17) is 10.2 Å². The number of hydrogen-bond donors (Lipinski definition) is 1. The van der Waals surface area contributed by atoms with Crippen molar-refractivity contribution in [1.82, 2.24) is 4.90 Å². The number of thiophene rings is 1. The first kappa shape index (κ1) is 12.4. The Labute approximate surface area is 106 Å². The summed E-state index contributed by atoms with van der Waals surface area (Å²) in [5, 5.41) is 2.10. The van der Waals surface area contributed by atoms with Crippen molar-refractivity contribution in [1.29, 1.82) is 0 Å². The molecule has 0 bridgehead atoms. The average molecular weight is 250 g/mol. The summed E-state index contributed by atoms with van der Waals surface area (Å²) in [7, 11) is 2.09. The van der Waals surface area contributed by atoms with Crippen LogP contribution in [0.5, 0.6) is 0 Å². The molecule has 0 saturated carbocycles. The number of rotatable bonds is 5. The molecule has 0 radical (unpaired) electrons. The van der Waals surface area contributed by atoms with Gasteiger partial charge >= 0.3 is 0 Å². The maximum atomic E-state index is 5.86. The van der Waals surface area contributed by atoms with E-state index in [1.165, 1.54) is 4.88 Å². The lowest BCUT2D eigenvalue weighted by Gasteiger charge is -2.30. The van der Waals surface area contributed by atoms with E-state index in [0.717, 1.165) is 5.76 Å². The summed E-state index contributed by atoms with van der Waals surface area (Å²) in [4.78, 5) is 3.60. The fraction of sp³-hybridized carbons (Fsp3) is 0.385. The number of nitrogens with two attached hydrogens (primary N) is 1. The molecule has 2 aromatic heterocycles. The van der Waals surface area contributed by atoms with Gasteiger partial charge in [-0.25, -0.2) is 0 Å². The maximum Gasteiger partial charge on any atom is 0.122 e. The molecule has 0 spiro atoms. The second-order valence-electron chi connectivity index (χ2n) is 4.12. The predicted molar refractivity (Wildman–Crippen MR) is 71.0 cm³/mol. The molecular weight excluding hydrogens is 232 g/mol. The highest BCUT2D eigenvalue weighted by atomic mass is 32.1. The number of furan rings is 1. The van der Waals surface area contributed by atoms with Crippen LogP contribution in [0.4, 0.5) is 0 Å². The van der Waals surface area contributed by atoms with Gasteiger partial charge in [0.25, 0.3) is 0 Å². The second-order valence-corrected chi connectivity index (χ2v) is 5.10. The Hall–Kier alpha value is -1.10. The van der Waals surface area contributed by atoms with Crippen molar-refractivity contribution in [2.24, 2.45) is 5.73 Å². The first-order valence-electron chi connectivity index (χ1n) is 5.73. The molecule has 0 aromatic carbocycles. The molecule has 2 unspecified atom stereocenters. The SMILES string of the molecule is CC(c1cccs1)N(C)C(CN)c1ccco1. The van der Waals surface area contributed by atoms with E-state index in [1.807, 2.05) is 12.1 Å². The maximum absolute atomic E-state index is 5.86. The van der Waals surface area contributed by atoms with Gasteiger partial charge in [0.05, 0.1) is 12.3 Å². The Balaban J connectivity index is 2.15. The zero-order valence-electron chi connectivity index (χ0n) is 10.2. The molecule has 92 valence electrons. The van der Waals surface area contributed by atoms with Crippen molar-refractivity contribution in [3.05, 3.63) is 46.5 Å². The molecule has 0 fully saturated rings. The zero-order valence-corrected chi connectivity index (χ0v) is 11.0. The summed E-state index contributed by atoms with van der Waals surface area (Å²) in [6, 6.07) is 8.59. The van der Waals surface area contributed by atoms with Gasteiger partial charge in [0.2, 0.25) is 0 Å². The van der Waals surface area contributed by atoms with Crippen LogP contribution in [0.3, 0.4) is 0 Å². The monoisotopic (exact) mass is 250 g/mol. The highest BCUT2D eigenvalue weighted by molar-refractivity contribution is 7.10. The fourth-order valence-electron chi connectivity index (χ4n) is 1.96. The first-order valence-corrected chi connectivity index (χ1v) is 6.60. The van der Waals surface area contributed by atoms with Gasteiger partial charge in [0.15, 0.2) is 0 Å². The predicted octanol–water partition coefficient (Wildman–Crippen LogP) is 3.03. The van der Waals surface area contributed by atoms with E-state index >= 15 is 0 Å². The van der Waals surface area contributed by atoms with Crippen LogP contribution in [0.2, 0.25) is 0 Å². The Bertz CT molecular complexity index is 424. The van der Waals surface area contributed by atoms with Crippen molar-refractivity contribution in [2.45, 2.75) is 19.0 Å². The lowest BCUT2D eigenvalue weighted by Crippen LogP contribution is -2.32. The molecule has 3 nitrogen and oxygen atoms in total. The summed E-state index contributed by atoms with van der Waals surface area (Å²) in [6.45, 7) is 2.75. The van der Waals surface area contributed by atoms with Crippen LogP contribution in [0.1, 0.15) is 29.6 Å². The van der Waals surface area contributed by atoms with Gasteiger partial charge in [0, 0.05) is 17.5 Å². The average Bonchev–Trinajstić information content (AvgIpc) is 3.01. The summed E-state index contributed by atoms with van der Waals surface area (Å²) >= 11 is 1.77. The minimum absolute atomic E-state index is 0.127. The molecule has 0 aliphatic carbocycles. The molecule has 0 aliphatic rings. The number of nitrogens with zero attached hydrogens (tertiary/aromatic N) is 1. The van der Waals surface area contributed by atoms with Crippen molar-refractivity contribution >= 4 is 11.3 Å². The molecule has 0 saturated heterocycles. The second kappa shape index (κ2) is 5.49. The lowest BCUT2D eigenvalue weighted by molar-refractivity contribution is 0.171. The van der Waals surface area contributed by atoms with Gasteiger partial charge in [-0.3, -0.25) is 4.90 Å². The molecule has 0 amide bonds. The normalized spacial score (nSPS) is 15.1. The molecule has 2 heterocycles. The molecule has 0 aliphatic heterocycles. The summed E-state index contributed by atoms with van der Waals surface area (Å²) in [5.41, 5.74) is 5.86. The number of hydrogen-bond acceptors (Lipinski definition) is 4. The van der Waals surface area contributed by atoms with Crippen LogP contribution in [-0.2, 0) is 0 Å². The van der Waals surface area contributed by atoms with Gasteiger partial charge < -0.3 is 10.2 Å². The highest BCUT2D eigenvalue weighted by Gasteiger charge is 2.23. The Morgan fingerprint density at radius 1 is 1.41 bits per heavy atom. The highest BCUT2D eigenvalue weighted by Crippen LogP contribution is 2.30. The van der Waals surface area contributed by atoms with Gasteiger partial charge in [0.1, 0.15) is 5.76 Å². The third-order valence-corrected chi connectivity index (χ3v) is 4.19. The van der Waals surface area contributed by atoms with E-state index in [2.05, 4.69) is 36.4 Å². The van der Waals surface area contributed by atoms with E-state index < -0.39 is 0 Å². The molecule has 4 heteroatoms. The van der Waals surface area contributed by atoms with Crippen molar-refractivity contribution in [3.8, 4) is 0 Å². The van der Waals surface area contributed by atoms with Gasteiger partial charge in [-0.2, -0.15) is 0 Å². The Morgan fingerprint density at radius 2 is 2.24 bits per heavy atom.